The summed E-state index contributed by atoms with van der Waals surface area (Å²) in [5, 5.41) is 11.3. The van der Waals surface area contributed by atoms with E-state index >= 15 is 0 Å². The fourth-order valence-electron chi connectivity index (χ4n) is 1.61. The number of sulfone groups is 1. The molecule has 6 nitrogen and oxygen atoms in total. The van der Waals surface area contributed by atoms with Gasteiger partial charge in [0.2, 0.25) is 0 Å². The molecule has 0 bridgehead atoms. The summed E-state index contributed by atoms with van der Waals surface area (Å²) < 4.78 is 24.4. The molecule has 1 aromatic rings. The Morgan fingerprint density at radius 1 is 1.42 bits per heavy atom. The molecule has 0 amide bonds. The summed E-state index contributed by atoms with van der Waals surface area (Å²) in [5.41, 5.74) is 0.888. The molecule has 0 saturated heterocycles. The van der Waals surface area contributed by atoms with Crippen molar-refractivity contribution in [1.29, 1.82) is 0 Å². The third-order valence-corrected chi connectivity index (χ3v) is 4.52. The smallest absolute Gasteiger partial charge is 0.150 e. The van der Waals surface area contributed by atoms with Gasteiger partial charge in [-0.15, -0.1) is 5.10 Å². The summed E-state index contributed by atoms with van der Waals surface area (Å²) in [6.07, 6.45) is 2.45. The maximum absolute atomic E-state index is 11.3. The number of nitrogens with zero attached hydrogens (tertiary/aromatic N) is 3. The van der Waals surface area contributed by atoms with Crippen molar-refractivity contribution in [2.75, 3.05) is 18.1 Å². The Kier molecular flexibility index (Phi) is 6.44. The zero-order chi connectivity index (χ0) is 14.3. The molecule has 19 heavy (non-hydrogen) atoms. The average molecular weight is 288 g/mol. The minimum atomic E-state index is -2.88. The first-order valence-electron chi connectivity index (χ1n) is 6.73. The van der Waals surface area contributed by atoms with Crippen molar-refractivity contribution in [3.8, 4) is 0 Å². The number of aryl methyl sites for hydroxylation is 1. The second-order valence-corrected chi connectivity index (χ2v) is 7.56. The van der Waals surface area contributed by atoms with Crippen molar-refractivity contribution in [2.45, 2.75) is 40.3 Å². The summed E-state index contributed by atoms with van der Waals surface area (Å²) in [5.74, 6) is 1.02. The molecule has 1 heterocycles. The molecule has 110 valence electrons. The van der Waals surface area contributed by atoms with Crippen molar-refractivity contribution < 1.29 is 8.42 Å². The maximum atomic E-state index is 11.3. The molecule has 0 spiro atoms. The third-order valence-electron chi connectivity index (χ3n) is 2.73. The predicted molar refractivity (Wildman–Crippen MR) is 75.5 cm³/mol. The molecule has 0 saturated carbocycles. The highest BCUT2D eigenvalue weighted by Crippen LogP contribution is 1.99. The Hall–Kier alpha value is -0.950. The summed E-state index contributed by atoms with van der Waals surface area (Å²) in [7, 11) is -2.88. The molecule has 7 heteroatoms. The van der Waals surface area contributed by atoms with Gasteiger partial charge in [-0.25, -0.2) is 8.42 Å². The van der Waals surface area contributed by atoms with Crippen LogP contribution < -0.4 is 5.32 Å². The van der Waals surface area contributed by atoms with Crippen LogP contribution in [0.2, 0.25) is 0 Å². The van der Waals surface area contributed by atoms with E-state index in [1.165, 1.54) is 0 Å². The van der Waals surface area contributed by atoms with E-state index in [1.54, 1.807) is 11.6 Å². The highest BCUT2D eigenvalue weighted by molar-refractivity contribution is 7.91. The van der Waals surface area contributed by atoms with Gasteiger partial charge in [0.1, 0.15) is 9.84 Å². The standard InChI is InChI=1S/C12H24N4O2S/c1-4-19(17,18)7-5-6-16-10-12(14-15-16)9-13-8-11(2)3/h10-11,13H,4-9H2,1-3H3. The van der Waals surface area contributed by atoms with E-state index in [0.29, 0.717) is 25.4 Å². The number of hydrogen-bond donors (Lipinski definition) is 1. The number of hydrogen-bond acceptors (Lipinski definition) is 5. The van der Waals surface area contributed by atoms with Crippen LogP contribution in [0.25, 0.3) is 0 Å². The van der Waals surface area contributed by atoms with E-state index < -0.39 is 9.84 Å². The first-order chi connectivity index (χ1) is 8.93. The lowest BCUT2D eigenvalue weighted by atomic mass is 10.2. The average Bonchev–Trinajstić information content (AvgIpc) is 2.76. The van der Waals surface area contributed by atoms with Gasteiger partial charge in [0.15, 0.2) is 0 Å². The van der Waals surface area contributed by atoms with Gasteiger partial charge in [0.05, 0.1) is 11.4 Å². The molecule has 1 aromatic heterocycles. The monoisotopic (exact) mass is 288 g/mol. The molecule has 0 aliphatic carbocycles. The second kappa shape index (κ2) is 7.59. The molecule has 0 fully saturated rings. The highest BCUT2D eigenvalue weighted by atomic mass is 32.2. The van der Waals surface area contributed by atoms with Crippen LogP contribution in [0.1, 0.15) is 32.9 Å². The minimum absolute atomic E-state index is 0.203. The van der Waals surface area contributed by atoms with E-state index in [-0.39, 0.29) is 11.5 Å². The van der Waals surface area contributed by atoms with Crippen LogP contribution in [0, 0.1) is 5.92 Å². The van der Waals surface area contributed by atoms with Crippen LogP contribution in [0.5, 0.6) is 0 Å². The summed E-state index contributed by atoms with van der Waals surface area (Å²) in [6, 6.07) is 0. The molecular weight excluding hydrogens is 264 g/mol. The Bertz CT molecular complexity index is 468. The van der Waals surface area contributed by atoms with Gasteiger partial charge in [-0.05, 0) is 18.9 Å². The first kappa shape index (κ1) is 16.1. The molecule has 0 atom stereocenters. The highest BCUT2D eigenvalue weighted by Gasteiger charge is 2.07. The Morgan fingerprint density at radius 2 is 2.16 bits per heavy atom. The molecule has 0 radical (unpaired) electrons. The van der Waals surface area contributed by atoms with E-state index in [2.05, 4.69) is 29.5 Å². The number of rotatable bonds is 9. The molecule has 0 unspecified atom stereocenters. The van der Waals surface area contributed by atoms with Gasteiger partial charge in [-0.2, -0.15) is 0 Å². The van der Waals surface area contributed by atoms with Gasteiger partial charge >= 0.3 is 0 Å². The SMILES string of the molecule is CCS(=O)(=O)CCCn1cc(CNCC(C)C)nn1. The Balaban J connectivity index is 2.31. The van der Waals surface area contributed by atoms with E-state index in [4.69, 9.17) is 0 Å². The fourth-order valence-corrected chi connectivity index (χ4v) is 2.47. The van der Waals surface area contributed by atoms with Gasteiger partial charge in [-0.3, -0.25) is 4.68 Å². The van der Waals surface area contributed by atoms with Crippen molar-refractivity contribution in [3.63, 3.8) is 0 Å². The summed E-state index contributed by atoms with van der Waals surface area (Å²) >= 11 is 0. The summed E-state index contributed by atoms with van der Waals surface area (Å²) in [6.45, 7) is 8.21. The molecule has 0 aliphatic rings. The molecule has 0 aromatic carbocycles. The number of aromatic nitrogens is 3. The van der Waals surface area contributed by atoms with Crippen LogP contribution in [0.4, 0.5) is 0 Å². The van der Waals surface area contributed by atoms with Gasteiger partial charge in [0.25, 0.3) is 0 Å². The van der Waals surface area contributed by atoms with Crippen LogP contribution in [-0.2, 0) is 22.9 Å². The van der Waals surface area contributed by atoms with Gasteiger partial charge in [-0.1, -0.05) is 26.0 Å². The zero-order valence-corrected chi connectivity index (χ0v) is 12.8. The van der Waals surface area contributed by atoms with E-state index in [1.807, 2.05) is 6.20 Å². The second-order valence-electron chi connectivity index (χ2n) is 5.09. The van der Waals surface area contributed by atoms with Crippen LogP contribution >= 0.6 is 0 Å². The van der Waals surface area contributed by atoms with Crippen molar-refractivity contribution in [1.82, 2.24) is 20.3 Å². The van der Waals surface area contributed by atoms with Gasteiger partial charge < -0.3 is 5.32 Å². The molecular formula is C12H24N4O2S. The predicted octanol–water partition coefficient (Wildman–Crippen LogP) is 0.849. The first-order valence-corrected chi connectivity index (χ1v) is 8.55. The zero-order valence-electron chi connectivity index (χ0n) is 12.0. The Morgan fingerprint density at radius 3 is 2.79 bits per heavy atom. The number of nitrogens with one attached hydrogen (secondary N) is 1. The van der Waals surface area contributed by atoms with Crippen LogP contribution in [-0.4, -0.2) is 41.5 Å². The van der Waals surface area contributed by atoms with Crippen LogP contribution in [0.15, 0.2) is 6.20 Å². The summed E-state index contributed by atoms with van der Waals surface area (Å²) in [4.78, 5) is 0. The van der Waals surface area contributed by atoms with E-state index in [9.17, 15) is 8.42 Å². The lowest BCUT2D eigenvalue weighted by Gasteiger charge is -2.04. The van der Waals surface area contributed by atoms with Gasteiger partial charge in [0, 0.05) is 25.0 Å². The molecule has 1 rings (SSSR count). The molecule has 1 N–H and O–H groups in total. The quantitative estimate of drug-likeness (QED) is 0.729. The lowest BCUT2D eigenvalue weighted by Crippen LogP contribution is -2.19. The van der Waals surface area contributed by atoms with Crippen molar-refractivity contribution in [2.24, 2.45) is 5.92 Å². The van der Waals surface area contributed by atoms with Crippen molar-refractivity contribution in [3.05, 3.63) is 11.9 Å². The minimum Gasteiger partial charge on any atom is -0.311 e. The van der Waals surface area contributed by atoms with Crippen molar-refractivity contribution >= 4 is 9.84 Å². The Labute approximate surface area is 115 Å². The van der Waals surface area contributed by atoms with Crippen LogP contribution in [0.3, 0.4) is 0 Å². The lowest BCUT2D eigenvalue weighted by molar-refractivity contribution is 0.547. The normalized spacial score (nSPS) is 12.2. The fraction of sp³-hybridized carbons (Fsp3) is 0.833. The van der Waals surface area contributed by atoms with E-state index in [0.717, 1.165) is 12.2 Å². The largest absolute Gasteiger partial charge is 0.311 e. The maximum Gasteiger partial charge on any atom is 0.150 e. The topological polar surface area (TPSA) is 76.9 Å². The third kappa shape index (κ3) is 6.68. The molecule has 0 aliphatic heterocycles.